The molecule has 0 radical (unpaired) electrons. The molecule has 0 fully saturated rings. The average Bonchev–Trinajstić information content (AvgIpc) is 2.73. The summed E-state index contributed by atoms with van der Waals surface area (Å²) in [5, 5.41) is 9.10. The van der Waals surface area contributed by atoms with Crippen LogP contribution in [-0.4, -0.2) is 43.0 Å². The standard InChI is InChI=1S/C10H17F3N4O2S2/c1-3-14-6-8-7(2)16-17-9(8)21(18,19)15-4-5-20-10(11,12)13/h14-15H,3-6H2,1-2H3,(H,16,17). The van der Waals surface area contributed by atoms with Gasteiger partial charge in [0.25, 0.3) is 10.0 Å². The fourth-order valence-corrected chi connectivity index (χ4v) is 3.31. The first-order valence-corrected chi connectivity index (χ1v) is 8.59. The third-order valence-electron chi connectivity index (χ3n) is 2.50. The minimum Gasteiger partial charge on any atom is -0.313 e. The number of sulfonamides is 1. The van der Waals surface area contributed by atoms with Crippen molar-refractivity contribution in [3.63, 3.8) is 0 Å². The second-order valence-corrected chi connectivity index (χ2v) is 6.95. The molecule has 0 saturated carbocycles. The van der Waals surface area contributed by atoms with Crippen molar-refractivity contribution in [1.29, 1.82) is 0 Å². The molecule has 0 aliphatic carbocycles. The maximum absolute atomic E-state index is 12.0. The van der Waals surface area contributed by atoms with Crippen molar-refractivity contribution in [3.8, 4) is 0 Å². The van der Waals surface area contributed by atoms with Crippen molar-refractivity contribution in [2.75, 3.05) is 18.8 Å². The van der Waals surface area contributed by atoms with Crippen LogP contribution in [-0.2, 0) is 16.6 Å². The zero-order chi connectivity index (χ0) is 16.1. The van der Waals surface area contributed by atoms with Crippen LogP contribution in [0.3, 0.4) is 0 Å². The molecule has 0 unspecified atom stereocenters. The maximum Gasteiger partial charge on any atom is 0.441 e. The van der Waals surface area contributed by atoms with Crippen LogP contribution in [0.5, 0.6) is 0 Å². The number of alkyl halides is 3. The summed E-state index contributed by atoms with van der Waals surface area (Å²) in [6.07, 6.45) is 0. The van der Waals surface area contributed by atoms with Crippen molar-refractivity contribution >= 4 is 21.8 Å². The fourth-order valence-electron chi connectivity index (χ4n) is 1.52. The molecule has 6 nitrogen and oxygen atoms in total. The van der Waals surface area contributed by atoms with Gasteiger partial charge in [0.1, 0.15) is 0 Å². The number of hydrogen-bond acceptors (Lipinski definition) is 5. The monoisotopic (exact) mass is 346 g/mol. The van der Waals surface area contributed by atoms with Gasteiger partial charge in [0.2, 0.25) is 0 Å². The zero-order valence-electron chi connectivity index (χ0n) is 11.5. The van der Waals surface area contributed by atoms with Crippen LogP contribution >= 0.6 is 11.8 Å². The topological polar surface area (TPSA) is 86.9 Å². The molecule has 0 bridgehead atoms. The van der Waals surface area contributed by atoms with Crippen molar-refractivity contribution < 1.29 is 21.6 Å². The zero-order valence-corrected chi connectivity index (χ0v) is 13.2. The van der Waals surface area contributed by atoms with Crippen molar-refractivity contribution in [2.24, 2.45) is 0 Å². The van der Waals surface area contributed by atoms with E-state index in [0.29, 0.717) is 24.3 Å². The summed E-state index contributed by atoms with van der Waals surface area (Å²) in [7, 11) is -3.93. The number of nitrogens with zero attached hydrogens (tertiary/aromatic N) is 1. The Morgan fingerprint density at radius 1 is 1.38 bits per heavy atom. The van der Waals surface area contributed by atoms with E-state index in [0.717, 1.165) is 0 Å². The number of aromatic amines is 1. The van der Waals surface area contributed by atoms with E-state index < -0.39 is 21.3 Å². The molecule has 0 amide bonds. The first-order chi connectivity index (χ1) is 9.67. The van der Waals surface area contributed by atoms with Gasteiger partial charge in [-0.3, -0.25) is 5.10 Å². The van der Waals surface area contributed by atoms with E-state index >= 15 is 0 Å². The van der Waals surface area contributed by atoms with Crippen LogP contribution in [0.15, 0.2) is 5.03 Å². The number of thioether (sulfide) groups is 1. The molecule has 1 heterocycles. The van der Waals surface area contributed by atoms with Gasteiger partial charge in [-0.05, 0) is 25.2 Å². The molecule has 0 aliphatic rings. The quantitative estimate of drug-likeness (QED) is 0.619. The molecule has 1 rings (SSSR count). The van der Waals surface area contributed by atoms with Crippen molar-refractivity contribution in [2.45, 2.75) is 30.9 Å². The number of halogens is 3. The van der Waals surface area contributed by atoms with Gasteiger partial charge >= 0.3 is 5.51 Å². The van der Waals surface area contributed by atoms with Crippen LogP contribution in [0.2, 0.25) is 0 Å². The third kappa shape index (κ3) is 5.85. The predicted octanol–water partition coefficient (Wildman–Crippen LogP) is 1.36. The maximum atomic E-state index is 12.0. The lowest BCUT2D eigenvalue weighted by Crippen LogP contribution is -2.28. The van der Waals surface area contributed by atoms with Gasteiger partial charge in [0.15, 0.2) is 5.03 Å². The van der Waals surface area contributed by atoms with Crippen LogP contribution in [0.1, 0.15) is 18.2 Å². The SMILES string of the molecule is CCNCc1c(S(=O)(=O)NCCSC(F)(F)F)n[nH]c1C. The fraction of sp³-hybridized carbons (Fsp3) is 0.700. The first kappa shape index (κ1) is 18.3. The summed E-state index contributed by atoms with van der Waals surface area (Å²) in [5.41, 5.74) is -3.29. The van der Waals surface area contributed by atoms with Crippen molar-refractivity contribution in [1.82, 2.24) is 20.2 Å². The van der Waals surface area contributed by atoms with E-state index in [9.17, 15) is 21.6 Å². The first-order valence-electron chi connectivity index (χ1n) is 6.12. The van der Waals surface area contributed by atoms with E-state index in [-0.39, 0.29) is 23.3 Å². The van der Waals surface area contributed by atoms with Crippen molar-refractivity contribution in [3.05, 3.63) is 11.3 Å². The summed E-state index contributed by atoms with van der Waals surface area (Å²) in [6, 6.07) is 0. The van der Waals surface area contributed by atoms with E-state index in [2.05, 4.69) is 20.2 Å². The molecule has 0 atom stereocenters. The smallest absolute Gasteiger partial charge is 0.313 e. The molecule has 0 saturated heterocycles. The molecular formula is C10H17F3N4O2S2. The van der Waals surface area contributed by atoms with E-state index in [1.807, 2.05) is 6.92 Å². The third-order valence-corrected chi connectivity index (χ3v) is 4.67. The Morgan fingerprint density at radius 3 is 2.62 bits per heavy atom. The van der Waals surface area contributed by atoms with Gasteiger partial charge < -0.3 is 5.32 Å². The van der Waals surface area contributed by atoms with Gasteiger partial charge in [0, 0.05) is 30.1 Å². The van der Waals surface area contributed by atoms with Gasteiger partial charge in [-0.1, -0.05) is 6.92 Å². The lowest BCUT2D eigenvalue weighted by molar-refractivity contribution is -0.0327. The van der Waals surface area contributed by atoms with Gasteiger partial charge in [-0.2, -0.15) is 18.3 Å². The molecule has 0 aromatic carbocycles. The Bertz CT molecular complexity index is 557. The molecule has 0 spiro atoms. The average molecular weight is 346 g/mol. The Labute approximate surface area is 125 Å². The Hall–Kier alpha value is -0.780. The molecule has 0 aliphatic heterocycles. The van der Waals surface area contributed by atoms with Crippen LogP contribution in [0.25, 0.3) is 0 Å². The second-order valence-electron chi connectivity index (χ2n) is 4.10. The normalized spacial score (nSPS) is 12.8. The minimum atomic E-state index is -4.37. The Balaban J connectivity index is 2.70. The highest BCUT2D eigenvalue weighted by molar-refractivity contribution is 8.00. The molecule has 1 aromatic rings. The summed E-state index contributed by atoms with van der Waals surface area (Å²) in [6.45, 7) is 4.19. The number of rotatable bonds is 8. The Morgan fingerprint density at radius 2 is 2.05 bits per heavy atom. The number of aromatic nitrogens is 2. The largest absolute Gasteiger partial charge is 0.441 e. The predicted molar refractivity (Wildman–Crippen MR) is 74.4 cm³/mol. The van der Waals surface area contributed by atoms with Gasteiger partial charge in [-0.15, -0.1) is 0 Å². The molecule has 11 heteroatoms. The van der Waals surface area contributed by atoms with Gasteiger partial charge in [0.05, 0.1) is 0 Å². The number of hydrogen-bond donors (Lipinski definition) is 3. The number of H-pyrrole nitrogens is 1. The van der Waals surface area contributed by atoms with Gasteiger partial charge in [-0.25, -0.2) is 13.1 Å². The summed E-state index contributed by atoms with van der Waals surface area (Å²) >= 11 is -0.275. The lowest BCUT2D eigenvalue weighted by atomic mass is 10.2. The minimum absolute atomic E-state index is 0.182. The molecule has 21 heavy (non-hydrogen) atoms. The van der Waals surface area contributed by atoms with E-state index in [1.165, 1.54) is 0 Å². The lowest BCUT2D eigenvalue weighted by Gasteiger charge is -2.08. The second kappa shape index (κ2) is 7.47. The highest BCUT2D eigenvalue weighted by Gasteiger charge is 2.28. The van der Waals surface area contributed by atoms with E-state index in [4.69, 9.17) is 0 Å². The van der Waals surface area contributed by atoms with E-state index in [1.54, 1.807) is 6.92 Å². The molecule has 122 valence electrons. The van der Waals surface area contributed by atoms with Crippen LogP contribution < -0.4 is 10.0 Å². The van der Waals surface area contributed by atoms with Crippen LogP contribution in [0.4, 0.5) is 13.2 Å². The molecular weight excluding hydrogens is 329 g/mol. The number of nitrogens with one attached hydrogen (secondary N) is 3. The number of aryl methyl sites for hydroxylation is 1. The highest BCUT2D eigenvalue weighted by Crippen LogP contribution is 2.29. The van der Waals surface area contributed by atoms with Crippen LogP contribution in [0, 0.1) is 6.92 Å². The highest BCUT2D eigenvalue weighted by atomic mass is 32.2. The summed E-state index contributed by atoms with van der Waals surface area (Å²) in [5.74, 6) is -0.394. The molecule has 1 aromatic heterocycles. The Kier molecular flexibility index (Phi) is 6.50. The summed E-state index contributed by atoms with van der Waals surface area (Å²) in [4.78, 5) is 0. The summed E-state index contributed by atoms with van der Waals surface area (Å²) < 4.78 is 62.1. The molecule has 3 N–H and O–H groups in total.